The van der Waals surface area contributed by atoms with Gasteiger partial charge < -0.3 is 15.0 Å². The smallest absolute Gasteiger partial charge is 0.410 e. The lowest BCUT2D eigenvalue weighted by molar-refractivity contribution is 0.0182. The van der Waals surface area contributed by atoms with Gasteiger partial charge in [-0.05, 0) is 64.0 Å². The van der Waals surface area contributed by atoms with E-state index in [2.05, 4.69) is 29.6 Å². The van der Waals surface area contributed by atoms with E-state index in [1.165, 1.54) is 36.8 Å². The summed E-state index contributed by atoms with van der Waals surface area (Å²) in [5.41, 5.74) is 2.50. The number of hydrogen-bond donors (Lipinski definition) is 1. The zero-order valence-corrected chi connectivity index (χ0v) is 15.9. The van der Waals surface area contributed by atoms with Gasteiger partial charge in [0.15, 0.2) is 0 Å². The zero-order valence-electron chi connectivity index (χ0n) is 15.9. The Labute approximate surface area is 151 Å². The van der Waals surface area contributed by atoms with Crippen LogP contribution in [-0.4, -0.2) is 35.7 Å². The number of piperidine rings is 1. The van der Waals surface area contributed by atoms with Crippen LogP contribution in [0.4, 0.5) is 4.79 Å². The largest absolute Gasteiger partial charge is 0.444 e. The van der Waals surface area contributed by atoms with Gasteiger partial charge in [-0.15, -0.1) is 0 Å². The van der Waals surface area contributed by atoms with Crippen molar-refractivity contribution in [3.8, 4) is 0 Å². The Hall–Kier alpha value is -1.55. The monoisotopic (exact) mass is 344 g/mol. The summed E-state index contributed by atoms with van der Waals surface area (Å²) in [5, 5.41) is 3.85. The van der Waals surface area contributed by atoms with Crippen molar-refractivity contribution < 1.29 is 9.53 Å². The lowest BCUT2D eigenvalue weighted by Crippen LogP contribution is -2.50. The Morgan fingerprint density at radius 1 is 1.16 bits per heavy atom. The molecule has 1 aromatic carbocycles. The number of fused-ring (bicyclic) bond motifs is 1. The van der Waals surface area contributed by atoms with Crippen molar-refractivity contribution in [2.24, 2.45) is 0 Å². The maximum atomic E-state index is 12.4. The normalized spacial score (nSPS) is 24.4. The van der Waals surface area contributed by atoms with Crippen molar-refractivity contribution in [1.82, 2.24) is 10.2 Å². The summed E-state index contributed by atoms with van der Waals surface area (Å²) >= 11 is 0. The molecular weight excluding hydrogens is 312 g/mol. The minimum atomic E-state index is -0.433. The molecule has 0 aromatic heterocycles. The maximum Gasteiger partial charge on any atom is 0.410 e. The van der Waals surface area contributed by atoms with E-state index in [0.29, 0.717) is 12.1 Å². The predicted octanol–water partition coefficient (Wildman–Crippen LogP) is 4.44. The molecule has 1 saturated heterocycles. The maximum absolute atomic E-state index is 12.4. The molecule has 3 rings (SSSR count). The number of amides is 1. The molecular formula is C21H32N2O2. The molecule has 0 spiro atoms. The first kappa shape index (κ1) is 18.2. The van der Waals surface area contributed by atoms with Crippen molar-refractivity contribution >= 4 is 6.09 Å². The van der Waals surface area contributed by atoms with E-state index in [4.69, 9.17) is 4.74 Å². The highest BCUT2D eigenvalue weighted by molar-refractivity contribution is 5.68. The Morgan fingerprint density at radius 2 is 1.96 bits per heavy atom. The molecule has 2 aliphatic rings. The third kappa shape index (κ3) is 4.97. The van der Waals surface area contributed by atoms with Crippen molar-refractivity contribution in [2.75, 3.05) is 13.1 Å². The zero-order chi connectivity index (χ0) is 17.9. The summed E-state index contributed by atoms with van der Waals surface area (Å²) < 4.78 is 5.55. The van der Waals surface area contributed by atoms with Crippen molar-refractivity contribution in [1.29, 1.82) is 0 Å². The fraction of sp³-hybridized carbons (Fsp3) is 0.667. The summed E-state index contributed by atoms with van der Waals surface area (Å²) in [4.78, 5) is 14.3. The first-order valence-electron chi connectivity index (χ1n) is 9.74. The second kappa shape index (κ2) is 7.77. The van der Waals surface area contributed by atoms with Gasteiger partial charge in [0.2, 0.25) is 0 Å². The van der Waals surface area contributed by atoms with Gasteiger partial charge in [-0.3, -0.25) is 0 Å². The van der Waals surface area contributed by atoms with E-state index in [1.807, 2.05) is 25.7 Å². The highest BCUT2D eigenvalue weighted by Gasteiger charge is 2.29. The predicted molar refractivity (Wildman–Crippen MR) is 101 cm³/mol. The van der Waals surface area contributed by atoms with E-state index in [-0.39, 0.29) is 6.09 Å². The number of ether oxygens (including phenoxy) is 1. The van der Waals surface area contributed by atoms with Crippen LogP contribution < -0.4 is 5.32 Å². The van der Waals surface area contributed by atoms with Crippen LogP contribution in [0.1, 0.15) is 70.0 Å². The number of carbonyl (C=O) groups excluding carboxylic acids is 1. The quantitative estimate of drug-likeness (QED) is 0.806. The van der Waals surface area contributed by atoms with Crippen molar-refractivity contribution in [3.05, 3.63) is 35.4 Å². The second-order valence-electron chi connectivity index (χ2n) is 8.43. The molecule has 2 unspecified atom stereocenters. The number of hydrogen-bond acceptors (Lipinski definition) is 3. The molecule has 1 amide bonds. The first-order chi connectivity index (χ1) is 11.9. The van der Waals surface area contributed by atoms with Crippen LogP contribution >= 0.6 is 0 Å². The summed E-state index contributed by atoms with van der Waals surface area (Å²) in [6.07, 6.45) is 6.87. The van der Waals surface area contributed by atoms with Crippen LogP contribution in [0.25, 0.3) is 0 Å². The van der Waals surface area contributed by atoms with Crippen molar-refractivity contribution in [3.63, 3.8) is 0 Å². The third-order valence-electron chi connectivity index (χ3n) is 5.13. The Morgan fingerprint density at radius 3 is 2.76 bits per heavy atom. The lowest BCUT2D eigenvalue weighted by Gasteiger charge is -2.36. The van der Waals surface area contributed by atoms with Crippen LogP contribution in [0.2, 0.25) is 0 Å². The molecule has 1 aromatic rings. The van der Waals surface area contributed by atoms with Crippen molar-refractivity contribution in [2.45, 2.75) is 77.0 Å². The Bertz CT molecular complexity index is 594. The van der Waals surface area contributed by atoms with Gasteiger partial charge in [0.05, 0.1) is 0 Å². The SMILES string of the molecule is CC(C)(C)OC(=O)N1CCCC(NC2CCCCc3ccccc32)C1. The van der Waals surface area contributed by atoms with Crippen LogP contribution in [0.3, 0.4) is 0 Å². The molecule has 25 heavy (non-hydrogen) atoms. The van der Waals surface area contributed by atoms with Crippen LogP contribution in [-0.2, 0) is 11.2 Å². The molecule has 0 saturated carbocycles. The van der Waals surface area contributed by atoms with E-state index < -0.39 is 5.60 Å². The first-order valence-corrected chi connectivity index (χ1v) is 9.74. The summed E-state index contributed by atoms with van der Waals surface area (Å²) in [7, 11) is 0. The molecule has 1 aliphatic heterocycles. The fourth-order valence-corrected chi connectivity index (χ4v) is 3.98. The summed E-state index contributed by atoms with van der Waals surface area (Å²) in [5.74, 6) is 0. The molecule has 138 valence electrons. The van der Waals surface area contributed by atoms with Gasteiger partial charge in [-0.25, -0.2) is 4.79 Å². The van der Waals surface area contributed by atoms with Gasteiger partial charge in [0, 0.05) is 25.2 Å². The molecule has 4 nitrogen and oxygen atoms in total. The fourth-order valence-electron chi connectivity index (χ4n) is 3.98. The number of carbonyl (C=O) groups is 1. The molecule has 2 atom stereocenters. The number of rotatable bonds is 2. The van der Waals surface area contributed by atoms with E-state index in [0.717, 1.165) is 25.9 Å². The number of aryl methyl sites for hydroxylation is 1. The average Bonchev–Trinajstić information content (AvgIpc) is 2.76. The molecule has 1 heterocycles. The van der Waals surface area contributed by atoms with Gasteiger partial charge in [0.25, 0.3) is 0 Å². The number of nitrogens with zero attached hydrogens (tertiary/aromatic N) is 1. The third-order valence-corrected chi connectivity index (χ3v) is 5.13. The van der Waals surface area contributed by atoms with Gasteiger partial charge in [0.1, 0.15) is 5.60 Å². The minimum Gasteiger partial charge on any atom is -0.444 e. The molecule has 0 bridgehead atoms. The highest BCUT2D eigenvalue weighted by atomic mass is 16.6. The number of nitrogens with one attached hydrogen (secondary N) is 1. The van der Waals surface area contributed by atoms with Gasteiger partial charge in [-0.1, -0.05) is 30.7 Å². The molecule has 1 aliphatic carbocycles. The van der Waals surface area contributed by atoms with E-state index >= 15 is 0 Å². The Balaban J connectivity index is 1.64. The second-order valence-corrected chi connectivity index (χ2v) is 8.43. The number of benzene rings is 1. The lowest BCUT2D eigenvalue weighted by atomic mass is 9.97. The number of likely N-dealkylation sites (tertiary alicyclic amines) is 1. The van der Waals surface area contributed by atoms with Gasteiger partial charge in [-0.2, -0.15) is 0 Å². The summed E-state index contributed by atoms with van der Waals surface area (Å²) in [6.45, 7) is 7.31. The van der Waals surface area contributed by atoms with Crippen LogP contribution in [0.5, 0.6) is 0 Å². The highest BCUT2D eigenvalue weighted by Crippen LogP contribution is 2.29. The topological polar surface area (TPSA) is 41.6 Å². The van der Waals surface area contributed by atoms with E-state index in [9.17, 15) is 4.79 Å². The van der Waals surface area contributed by atoms with E-state index in [1.54, 1.807) is 0 Å². The molecule has 1 N–H and O–H groups in total. The molecule has 1 fully saturated rings. The minimum absolute atomic E-state index is 0.180. The summed E-state index contributed by atoms with van der Waals surface area (Å²) in [6, 6.07) is 9.58. The Kier molecular flexibility index (Phi) is 5.67. The van der Waals surface area contributed by atoms with Crippen LogP contribution in [0.15, 0.2) is 24.3 Å². The standard InChI is InChI=1S/C21H32N2O2/c1-21(2,3)25-20(24)23-14-8-11-17(15-23)22-19-13-7-5-10-16-9-4-6-12-18(16)19/h4,6,9,12,17,19,22H,5,7-8,10-11,13-15H2,1-3H3. The van der Waals surface area contributed by atoms with Crippen LogP contribution in [0, 0.1) is 0 Å². The molecule has 0 radical (unpaired) electrons. The van der Waals surface area contributed by atoms with Gasteiger partial charge >= 0.3 is 6.09 Å². The molecule has 4 heteroatoms. The average molecular weight is 344 g/mol.